The van der Waals surface area contributed by atoms with E-state index in [4.69, 9.17) is 9.47 Å². The first-order chi connectivity index (χ1) is 13.0. The highest BCUT2D eigenvalue weighted by molar-refractivity contribution is 5.94. The van der Waals surface area contributed by atoms with E-state index in [1.54, 1.807) is 31.2 Å². The van der Waals surface area contributed by atoms with Crippen molar-refractivity contribution < 1.29 is 19.1 Å². The molecule has 1 saturated heterocycles. The van der Waals surface area contributed by atoms with Crippen molar-refractivity contribution in [1.29, 1.82) is 0 Å². The van der Waals surface area contributed by atoms with Gasteiger partial charge in [0.25, 0.3) is 0 Å². The molecular formula is C20H23N3O4. The first-order valence-corrected chi connectivity index (χ1v) is 8.73. The maximum Gasteiger partial charge on any atom is 0.245 e. The molecule has 1 aliphatic rings. The van der Waals surface area contributed by atoms with Crippen molar-refractivity contribution in [2.45, 2.75) is 26.1 Å². The second-order valence-electron chi connectivity index (χ2n) is 6.37. The molecule has 2 heterocycles. The van der Waals surface area contributed by atoms with Crippen LogP contribution < -0.4 is 9.47 Å². The highest BCUT2D eigenvalue weighted by Gasteiger charge is 2.37. The number of pyridine rings is 1. The fourth-order valence-corrected chi connectivity index (χ4v) is 3.23. The standard InChI is InChI=1S/C20H23N3O4/c1-14-20(25)22(11-15-7-5-4-6-8-15)13-18(24)23(14)12-16-19(27-3)17(26-2)9-10-21-16/h4-10,14H,11-13H2,1-3H3/t14-/m1/s1. The van der Waals surface area contributed by atoms with Gasteiger partial charge in [-0.1, -0.05) is 30.3 Å². The average molecular weight is 369 g/mol. The van der Waals surface area contributed by atoms with Crippen molar-refractivity contribution in [3.05, 3.63) is 53.9 Å². The molecule has 1 aliphatic heterocycles. The molecule has 0 spiro atoms. The lowest BCUT2D eigenvalue weighted by atomic mass is 10.1. The summed E-state index contributed by atoms with van der Waals surface area (Å²) >= 11 is 0. The number of rotatable bonds is 6. The molecule has 142 valence electrons. The van der Waals surface area contributed by atoms with Crippen molar-refractivity contribution in [2.75, 3.05) is 20.8 Å². The van der Waals surface area contributed by atoms with Gasteiger partial charge in [-0.25, -0.2) is 0 Å². The highest BCUT2D eigenvalue weighted by Crippen LogP contribution is 2.30. The Kier molecular flexibility index (Phi) is 5.59. The van der Waals surface area contributed by atoms with Crippen LogP contribution in [-0.2, 0) is 22.7 Å². The number of benzene rings is 1. The molecule has 0 N–H and O–H groups in total. The van der Waals surface area contributed by atoms with Crippen LogP contribution in [0.1, 0.15) is 18.2 Å². The van der Waals surface area contributed by atoms with E-state index in [1.807, 2.05) is 30.3 Å². The largest absolute Gasteiger partial charge is 0.493 e. The van der Waals surface area contributed by atoms with E-state index in [-0.39, 0.29) is 24.9 Å². The first-order valence-electron chi connectivity index (χ1n) is 8.73. The molecule has 7 heteroatoms. The van der Waals surface area contributed by atoms with E-state index < -0.39 is 6.04 Å². The average Bonchev–Trinajstić information content (AvgIpc) is 2.69. The van der Waals surface area contributed by atoms with Crippen LogP contribution in [0.5, 0.6) is 11.5 Å². The predicted molar refractivity (Wildman–Crippen MR) is 99.2 cm³/mol. The number of hydrogen-bond acceptors (Lipinski definition) is 5. The van der Waals surface area contributed by atoms with Crippen LogP contribution in [0.3, 0.4) is 0 Å². The molecule has 0 aliphatic carbocycles. The number of aromatic nitrogens is 1. The first kappa shape index (κ1) is 18.7. The Bertz CT molecular complexity index is 825. The molecule has 1 fully saturated rings. The van der Waals surface area contributed by atoms with E-state index in [0.29, 0.717) is 23.7 Å². The lowest BCUT2D eigenvalue weighted by Gasteiger charge is -2.38. The molecule has 1 aromatic heterocycles. The van der Waals surface area contributed by atoms with E-state index in [2.05, 4.69) is 4.98 Å². The Morgan fingerprint density at radius 2 is 1.81 bits per heavy atom. The Morgan fingerprint density at radius 1 is 1.07 bits per heavy atom. The minimum Gasteiger partial charge on any atom is -0.493 e. The Hall–Kier alpha value is -3.09. The summed E-state index contributed by atoms with van der Waals surface area (Å²) < 4.78 is 10.7. The Morgan fingerprint density at radius 3 is 2.48 bits per heavy atom. The van der Waals surface area contributed by atoms with Crippen molar-refractivity contribution >= 4 is 11.8 Å². The summed E-state index contributed by atoms with van der Waals surface area (Å²) in [5.74, 6) is 0.806. The topological polar surface area (TPSA) is 72.0 Å². The molecule has 2 aromatic rings. The minimum absolute atomic E-state index is 0.0460. The molecule has 0 bridgehead atoms. The molecule has 27 heavy (non-hydrogen) atoms. The maximum atomic E-state index is 12.8. The third kappa shape index (κ3) is 3.86. The molecule has 0 unspecified atom stereocenters. The zero-order valence-electron chi connectivity index (χ0n) is 15.7. The molecule has 3 rings (SSSR count). The van der Waals surface area contributed by atoms with E-state index in [9.17, 15) is 9.59 Å². The molecule has 0 radical (unpaired) electrons. The van der Waals surface area contributed by atoms with Crippen molar-refractivity contribution in [2.24, 2.45) is 0 Å². The third-order valence-corrected chi connectivity index (χ3v) is 4.69. The minimum atomic E-state index is -0.576. The highest BCUT2D eigenvalue weighted by atomic mass is 16.5. The molecule has 1 aromatic carbocycles. The van der Waals surface area contributed by atoms with E-state index in [0.717, 1.165) is 5.56 Å². The van der Waals surface area contributed by atoms with Gasteiger partial charge in [0, 0.05) is 18.8 Å². The molecule has 1 atom stereocenters. The number of hydrogen-bond donors (Lipinski definition) is 0. The van der Waals surface area contributed by atoms with Gasteiger partial charge in [-0.05, 0) is 12.5 Å². The zero-order chi connectivity index (χ0) is 19.4. The van der Waals surface area contributed by atoms with Gasteiger partial charge in [-0.3, -0.25) is 14.6 Å². The van der Waals surface area contributed by atoms with Crippen molar-refractivity contribution in [3.63, 3.8) is 0 Å². The number of carbonyl (C=O) groups excluding carboxylic acids is 2. The summed E-state index contributed by atoms with van der Waals surface area (Å²) in [6.07, 6.45) is 1.60. The van der Waals surface area contributed by atoms with Gasteiger partial charge in [-0.15, -0.1) is 0 Å². The number of nitrogens with zero attached hydrogens (tertiary/aromatic N) is 3. The number of piperazine rings is 1. The van der Waals surface area contributed by atoms with Gasteiger partial charge in [-0.2, -0.15) is 0 Å². The predicted octanol–water partition coefficient (Wildman–Crippen LogP) is 1.86. The number of carbonyl (C=O) groups is 2. The van der Waals surface area contributed by atoms with Gasteiger partial charge >= 0.3 is 0 Å². The van der Waals surface area contributed by atoms with Crippen LogP contribution in [0, 0.1) is 0 Å². The van der Waals surface area contributed by atoms with Crippen molar-refractivity contribution in [3.8, 4) is 11.5 Å². The number of methoxy groups -OCH3 is 2. The van der Waals surface area contributed by atoms with Gasteiger partial charge in [0.1, 0.15) is 18.3 Å². The van der Waals surface area contributed by atoms with E-state index >= 15 is 0 Å². The van der Waals surface area contributed by atoms with Crippen LogP contribution in [-0.4, -0.2) is 53.4 Å². The van der Waals surface area contributed by atoms with Gasteiger partial charge in [0.05, 0.1) is 20.8 Å². The third-order valence-electron chi connectivity index (χ3n) is 4.69. The summed E-state index contributed by atoms with van der Waals surface area (Å²) in [5, 5.41) is 0. The summed E-state index contributed by atoms with van der Waals surface area (Å²) in [5.41, 5.74) is 1.55. The van der Waals surface area contributed by atoms with Gasteiger partial charge < -0.3 is 19.3 Å². The van der Waals surface area contributed by atoms with Crippen LogP contribution in [0.2, 0.25) is 0 Å². The lowest BCUT2D eigenvalue weighted by molar-refractivity contribution is -0.156. The lowest BCUT2D eigenvalue weighted by Crippen LogP contribution is -2.58. The second-order valence-corrected chi connectivity index (χ2v) is 6.37. The Labute approximate surface area is 158 Å². The normalized spacial score (nSPS) is 17.2. The smallest absolute Gasteiger partial charge is 0.245 e. The SMILES string of the molecule is COc1ccnc(CN2C(=O)CN(Cc3ccccc3)C(=O)[C@H]2C)c1OC. The van der Waals surface area contributed by atoms with Crippen LogP contribution in [0.25, 0.3) is 0 Å². The quantitative estimate of drug-likeness (QED) is 0.777. The zero-order valence-corrected chi connectivity index (χ0v) is 15.7. The Balaban J connectivity index is 1.77. The fourth-order valence-electron chi connectivity index (χ4n) is 3.23. The van der Waals surface area contributed by atoms with E-state index in [1.165, 1.54) is 12.0 Å². The summed E-state index contributed by atoms with van der Waals surface area (Å²) in [6.45, 7) is 2.39. The number of ether oxygens (including phenoxy) is 2. The molecular weight excluding hydrogens is 346 g/mol. The maximum absolute atomic E-state index is 12.8. The monoisotopic (exact) mass is 369 g/mol. The second kappa shape index (κ2) is 8.07. The van der Waals surface area contributed by atoms with Gasteiger partial charge in [0.2, 0.25) is 11.8 Å². The number of amides is 2. The van der Waals surface area contributed by atoms with Gasteiger partial charge in [0.15, 0.2) is 11.5 Å². The summed E-state index contributed by atoms with van der Waals surface area (Å²) in [4.78, 5) is 33.0. The molecule has 0 saturated carbocycles. The summed E-state index contributed by atoms with van der Waals surface area (Å²) in [7, 11) is 3.07. The molecule has 7 nitrogen and oxygen atoms in total. The fraction of sp³-hybridized carbons (Fsp3) is 0.350. The van der Waals surface area contributed by atoms with Crippen LogP contribution >= 0.6 is 0 Å². The molecule has 2 amide bonds. The van der Waals surface area contributed by atoms with Crippen molar-refractivity contribution in [1.82, 2.24) is 14.8 Å². The van der Waals surface area contributed by atoms with Crippen LogP contribution in [0.15, 0.2) is 42.6 Å². The van der Waals surface area contributed by atoms with Crippen LogP contribution in [0.4, 0.5) is 0 Å². The summed E-state index contributed by atoms with van der Waals surface area (Å²) in [6, 6.07) is 10.8.